The summed E-state index contributed by atoms with van der Waals surface area (Å²) in [6, 6.07) is 7.49. The molecular weight excluding hydrogens is 226 g/mol. The van der Waals surface area contributed by atoms with Crippen LogP contribution in [-0.4, -0.2) is 17.1 Å². The molecule has 2 rings (SSSR count). The van der Waals surface area contributed by atoms with Crippen molar-refractivity contribution in [2.24, 2.45) is 5.41 Å². The maximum Gasteiger partial charge on any atom is 0.335 e. The van der Waals surface area contributed by atoms with Gasteiger partial charge in [-0.1, -0.05) is 26.7 Å². The van der Waals surface area contributed by atoms with E-state index in [4.69, 9.17) is 5.11 Å². The van der Waals surface area contributed by atoms with Gasteiger partial charge in [-0.25, -0.2) is 4.79 Å². The molecule has 0 heterocycles. The number of carboxylic acids is 1. The molecule has 0 aromatic heterocycles. The second-order valence-electron chi connectivity index (χ2n) is 5.81. The molecule has 1 aromatic carbocycles. The van der Waals surface area contributed by atoms with E-state index in [-0.39, 0.29) is 0 Å². The molecule has 0 aliphatic heterocycles. The maximum atomic E-state index is 10.8. The van der Waals surface area contributed by atoms with Crippen LogP contribution in [0.15, 0.2) is 24.3 Å². The minimum absolute atomic E-state index is 0.309. The topological polar surface area (TPSA) is 49.3 Å². The molecule has 0 amide bonds. The van der Waals surface area contributed by atoms with Crippen molar-refractivity contribution in [3.63, 3.8) is 0 Å². The highest BCUT2D eigenvalue weighted by Crippen LogP contribution is 2.37. The number of aromatic carboxylic acids is 1. The molecule has 1 saturated carbocycles. The molecule has 2 N–H and O–H groups in total. The molecule has 1 aliphatic carbocycles. The van der Waals surface area contributed by atoms with Crippen molar-refractivity contribution in [2.45, 2.75) is 45.6 Å². The van der Waals surface area contributed by atoms with E-state index < -0.39 is 5.97 Å². The lowest BCUT2D eigenvalue weighted by molar-refractivity contribution is 0.0697. The zero-order chi connectivity index (χ0) is 13.2. The fourth-order valence-electron chi connectivity index (χ4n) is 2.67. The normalized spacial score (nSPS) is 22.4. The highest BCUT2D eigenvalue weighted by molar-refractivity contribution is 5.88. The first-order valence-corrected chi connectivity index (χ1v) is 6.59. The first-order valence-electron chi connectivity index (χ1n) is 6.59. The average molecular weight is 247 g/mol. The number of hydrogen-bond donors (Lipinski definition) is 2. The fourth-order valence-corrected chi connectivity index (χ4v) is 2.67. The molecule has 1 atom stereocenters. The van der Waals surface area contributed by atoms with Crippen molar-refractivity contribution < 1.29 is 9.90 Å². The van der Waals surface area contributed by atoms with Gasteiger partial charge < -0.3 is 10.4 Å². The van der Waals surface area contributed by atoms with Crippen molar-refractivity contribution in [3.05, 3.63) is 29.8 Å². The third kappa shape index (κ3) is 2.84. The number of nitrogens with one attached hydrogen (secondary N) is 1. The van der Waals surface area contributed by atoms with E-state index in [1.807, 2.05) is 12.1 Å². The van der Waals surface area contributed by atoms with Gasteiger partial charge in [0.05, 0.1) is 5.56 Å². The van der Waals surface area contributed by atoms with Gasteiger partial charge in [0.25, 0.3) is 0 Å². The number of carboxylic acid groups (broad SMARTS) is 1. The molecule has 98 valence electrons. The average Bonchev–Trinajstić information content (AvgIpc) is 2.32. The van der Waals surface area contributed by atoms with Crippen LogP contribution >= 0.6 is 0 Å². The first-order chi connectivity index (χ1) is 8.49. The summed E-state index contributed by atoms with van der Waals surface area (Å²) in [5.74, 6) is -0.875. The quantitative estimate of drug-likeness (QED) is 0.855. The van der Waals surface area contributed by atoms with Crippen LogP contribution in [0.1, 0.15) is 49.9 Å². The Balaban J connectivity index is 2.06. The monoisotopic (exact) mass is 247 g/mol. The lowest BCUT2D eigenvalue weighted by atomic mass is 9.73. The Kier molecular flexibility index (Phi) is 3.60. The van der Waals surface area contributed by atoms with E-state index in [0.717, 1.165) is 5.69 Å². The van der Waals surface area contributed by atoms with E-state index in [1.165, 1.54) is 25.7 Å². The lowest BCUT2D eigenvalue weighted by Gasteiger charge is -2.39. The maximum absolute atomic E-state index is 10.8. The summed E-state index contributed by atoms with van der Waals surface area (Å²) >= 11 is 0. The minimum Gasteiger partial charge on any atom is -0.478 e. The summed E-state index contributed by atoms with van der Waals surface area (Å²) in [5.41, 5.74) is 1.66. The SMILES string of the molecule is CC1(C)CCCCC1Nc1ccc(C(=O)O)cc1. The van der Waals surface area contributed by atoms with Crippen LogP contribution in [0.3, 0.4) is 0 Å². The molecule has 0 saturated heterocycles. The first kappa shape index (κ1) is 12.9. The molecule has 0 spiro atoms. The summed E-state index contributed by atoms with van der Waals surface area (Å²) in [6.07, 6.45) is 5.02. The Bertz CT molecular complexity index is 423. The molecule has 3 nitrogen and oxygen atoms in total. The van der Waals surface area contributed by atoms with Crippen molar-refractivity contribution in [1.82, 2.24) is 0 Å². The molecule has 1 aliphatic rings. The minimum atomic E-state index is -0.875. The Morgan fingerprint density at radius 3 is 2.50 bits per heavy atom. The predicted octanol–water partition coefficient (Wildman–Crippen LogP) is 3.77. The molecule has 1 unspecified atom stereocenters. The van der Waals surface area contributed by atoms with Crippen LogP contribution in [0, 0.1) is 5.41 Å². The van der Waals surface area contributed by atoms with E-state index in [2.05, 4.69) is 19.2 Å². The molecule has 1 fully saturated rings. The van der Waals surface area contributed by atoms with Gasteiger partial charge in [-0.15, -0.1) is 0 Å². The van der Waals surface area contributed by atoms with Gasteiger partial charge in [-0.3, -0.25) is 0 Å². The number of anilines is 1. The van der Waals surface area contributed by atoms with Crippen LogP contribution in [0.2, 0.25) is 0 Å². The van der Waals surface area contributed by atoms with Crippen molar-refractivity contribution in [2.75, 3.05) is 5.32 Å². The number of rotatable bonds is 3. The molecule has 0 bridgehead atoms. The van der Waals surface area contributed by atoms with Gasteiger partial charge in [0.1, 0.15) is 0 Å². The van der Waals surface area contributed by atoms with Crippen LogP contribution in [-0.2, 0) is 0 Å². The van der Waals surface area contributed by atoms with Crippen molar-refractivity contribution >= 4 is 11.7 Å². The van der Waals surface area contributed by atoms with E-state index >= 15 is 0 Å². The van der Waals surface area contributed by atoms with Gasteiger partial charge in [0, 0.05) is 11.7 Å². The van der Waals surface area contributed by atoms with Crippen LogP contribution < -0.4 is 5.32 Å². The fraction of sp³-hybridized carbons (Fsp3) is 0.533. The molecular formula is C15H21NO2. The third-order valence-corrected chi connectivity index (χ3v) is 3.98. The molecule has 3 heteroatoms. The van der Waals surface area contributed by atoms with Crippen LogP contribution in [0.4, 0.5) is 5.69 Å². The Labute approximate surface area is 108 Å². The van der Waals surface area contributed by atoms with Crippen molar-refractivity contribution in [3.8, 4) is 0 Å². The summed E-state index contributed by atoms with van der Waals surface area (Å²) in [6.45, 7) is 4.60. The summed E-state index contributed by atoms with van der Waals surface area (Å²) < 4.78 is 0. The Hall–Kier alpha value is -1.51. The Morgan fingerprint density at radius 2 is 1.94 bits per heavy atom. The second kappa shape index (κ2) is 5.01. The summed E-state index contributed by atoms with van der Waals surface area (Å²) in [4.78, 5) is 10.8. The smallest absolute Gasteiger partial charge is 0.335 e. The van der Waals surface area contributed by atoms with Crippen LogP contribution in [0.5, 0.6) is 0 Å². The van der Waals surface area contributed by atoms with Crippen LogP contribution in [0.25, 0.3) is 0 Å². The number of hydrogen-bond acceptors (Lipinski definition) is 2. The zero-order valence-corrected chi connectivity index (χ0v) is 11.1. The second-order valence-corrected chi connectivity index (χ2v) is 5.81. The third-order valence-electron chi connectivity index (χ3n) is 3.98. The highest BCUT2D eigenvalue weighted by Gasteiger charge is 2.31. The van der Waals surface area contributed by atoms with E-state index in [9.17, 15) is 4.79 Å². The van der Waals surface area contributed by atoms with Crippen molar-refractivity contribution in [1.29, 1.82) is 0 Å². The molecule has 0 radical (unpaired) electrons. The van der Waals surface area contributed by atoms with E-state index in [1.54, 1.807) is 12.1 Å². The van der Waals surface area contributed by atoms with Gasteiger partial charge in [-0.05, 0) is 42.5 Å². The number of benzene rings is 1. The zero-order valence-electron chi connectivity index (χ0n) is 11.1. The van der Waals surface area contributed by atoms with Gasteiger partial charge >= 0.3 is 5.97 Å². The summed E-state index contributed by atoms with van der Waals surface area (Å²) in [5, 5.41) is 12.4. The largest absolute Gasteiger partial charge is 0.478 e. The number of carbonyl (C=O) groups is 1. The van der Waals surface area contributed by atoms with Gasteiger partial charge in [0.15, 0.2) is 0 Å². The summed E-state index contributed by atoms with van der Waals surface area (Å²) in [7, 11) is 0. The molecule has 18 heavy (non-hydrogen) atoms. The highest BCUT2D eigenvalue weighted by atomic mass is 16.4. The molecule has 1 aromatic rings. The Morgan fingerprint density at radius 1 is 1.28 bits per heavy atom. The predicted molar refractivity (Wildman–Crippen MR) is 73.1 cm³/mol. The van der Waals surface area contributed by atoms with Gasteiger partial charge in [0.2, 0.25) is 0 Å². The van der Waals surface area contributed by atoms with E-state index in [0.29, 0.717) is 17.0 Å². The standard InChI is InChI=1S/C15H21NO2/c1-15(2)10-4-3-5-13(15)16-12-8-6-11(7-9-12)14(17)18/h6-9,13,16H,3-5,10H2,1-2H3,(H,17,18). The van der Waals surface area contributed by atoms with Gasteiger partial charge in [-0.2, -0.15) is 0 Å². The lowest BCUT2D eigenvalue weighted by Crippen LogP contribution is -2.38.